The quantitative estimate of drug-likeness (QED) is 0.612. The van der Waals surface area contributed by atoms with Crippen molar-refractivity contribution in [2.75, 3.05) is 18.2 Å². The number of pyridine rings is 1. The summed E-state index contributed by atoms with van der Waals surface area (Å²) >= 11 is 7.41. The highest BCUT2D eigenvalue weighted by atomic mass is 35.5. The normalized spacial score (nSPS) is 10.9. The Morgan fingerprint density at radius 1 is 1.35 bits per heavy atom. The number of thiophene rings is 1. The molecule has 0 unspecified atom stereocenters. The molecule has 0 saturated carbocycles. The van der Waals surface area contributed by atoms with Gasteiger partial charge >= 0.3 is 0 Å². The maximum atomic E-state index is 12.6. The number of aryl methyl sites for hydroxylation is 1. The monoisotopic (exact) mass is 389 g/mol. The number of methoxy groups -OCH3 is 1. The first-order valence-electron chi connectivity index (χ1n) is 8.36. The molecule has 2 aromatic heterocycles. The second kappa shape index (κ2) is 7.93. The SMILES string of the molecule is CCCCc1ccc2c(N)c(C(=O)Nc3ccc(OC)c(Cl)c3)sc2n1. The summed E-state index contributed by atoms with van der Waals surface area (Å²) < 4.78 is 5.12. The minimum absolute atomic E-state index is 0.276. The molecule has 26 heavy (non-hydrogen) atoms. The van der Waals surface area contributed by atoms with Gasteiger partial charge in [0.15, 0.2) is 0 Å². The van der Waals surface area contributed by atoms with E-state index in [9.17, 15) is 4.79 Å². The highest BCUT2D eigenvalue weighted by molar-refractivity contribution is 7.21. The first-order valence-corrected chi connectivity index (χ1v) is 9.55. The van der Waals surface area contributed by atoms with Crippen molar-refractivity contribution in [2.24, 2.45) is 0 Å². The summed E-state index contributed by atoms with van der Waals surface area (Å²) in [6.45, 7) is 2.15. The van der Waals surface area contributed by atoms with Gasteiger partial charge in [-0.15, -0.1) is 11.3 Å². The molecule has 3 N–H and O–H groups in total. The Morgan fingerprint density at radius 2 is 2.15 bits per heavy atom. The minimum atomic E-state index is -0.276. The van der Waals surface area contributed by atoms with Crippen LogP contribution in [0.5, 0.6) is 5.75 Å². The Bertz CT molecular complexity index is 955. The number of unbranched alkanes of at least 4 members (excludes halogenated alkanes) is 1. The number of anilines is 2. The van der Waals surface area contributed by atoms with E-state index in [4.69, 9.17) is 22.1 Å². The topological polar surface area (TPSA) is 77.2 Å². The second-order valence-corrected chi connectivity index (χ2v) is 7.31. The lowest BCUT2D eigenvalue weighted by Gasteiger charge is -2.07. The molecular weight excluding hydrogens is 370 g/mol. The van der Waals surface area contributed by atoms with Crippen molar-refractivity contribution in [2.45, 2.75) is 26.2 Å². The van der Waals surface area contributed by atoms with Crippen LogP contribution in [0.1, 0.15) is 35.1 Å². The maximum Gasteiger partial charge on any atom is 0.267 e. The largest absolute Gasteiger partial charge is 0.495 e. The van der Waals surface area contributed by atoms with Crippen LogP contribution < -0.4 is 15.8 Å². The molecule has 7 heteroatoms. The van der Waals surface area contributed by atoms with Gasteiger partial charge in [0.1, 0.15) is 15.5 Å². The van der Waals surface area contributed by atoms with Crippen molar-refractivity contribution in [3.05, 3.63) is 45.9 Å². The fourth-order valence-corrected chi connectivity index (χ4v) is 3.90. The average Bonchev–Trinajstić information content (AvgIpc) is 2.96. The number of halogens is 1. The van der Waals surface area contributed by atoms with Crippen molar-refractivity contribution in [1.29, 1.82) is 0 Å². The van der Waals surface area contributed by atoms with Gasteiger partial charge in [0.05, 0.1) is 17.8 Å². The molecule has 136 valence electrons. The third-order valence-electron chi connectivity index (χ3n) is 4.05. The van der Waals surface area contributed by atoms with Crippen LogP contribution in [-0.2, 0) is 6.42 Å². The van der Waals surface area contributed by atoms with Gasteiger partial charge < -0.3 is 15.8 Å². The summed E-state index contributed by atoms with van der Waals surface area (Å²) in [4.78, 5) is 18.5. The van der Waals surface area contributed by atoms with E-state index in [0.717, 1.165) is 35.2 Å². The number of rotatable bonds is 6. The lowest BCUT2D eigenvalue weighted by Crippen LogP contribution is -2.11. The molecular formula is C19H20ClN3O2S. The molecule has 2 heterocycles. The molecule has 1 aromatic carbocycles. The van der Waals surface area contributed by atoms with Crippen LogP contribution in [0.2, 0.25) is 5.02 Å². The molecule has 3 aromatic rings. The van der Waals surface area contributed by atoms with Crippen molar-refractivity contribution in [1.82, 2.24) is 4.98 Å². The molecule has 1 amide bonds. The predicted molar refractivity (Wildman–Crippen MR) is 109 cm³/mol. The van der Waals surface area contributed by atoms with E-state index in [-0.39, 0.29) is 5.91 Å². The van der Waals surface area contributed by atoms with Crippen LogP contribution in [-0.4, -0.2) is 18.0 Å². The zero-order chi connectivity index (χ0) is 18.7. The molecule has 0 saturated heterocycles. The average molecular weight is 390 g/mol. The summed E-state index contributed by atoms with van der Waals surface area (Å²) in [5, 5.41) is 4.07. The van der Waals surface area contributed by atoms with Crippen LogP contribution >= 0.6 is 22.9 Å². The number of nitrogens with zero attached hydrogens (tertiary/aromatic N) is 1. The maximum absolute atomic E-state index is 12.6. The summed E-state index contributed by atoms with van der Waals surface area (Å²) in [6, 6.07) is 9.00. The Hall–Kier alpha value is -2.31. The Morgan fingerprint density at radius 3 is 2.85 bits per heavy atom. The zero-order valence-corrected chi connectivity index (χ0v) is 16.2. The lowest BCUT2D eigenvalue weighted by atomic mass is 10.1. The standard InChI is InChI=1S/C19H20ClN3O2S/c1-3-4-5-11-6-8-13-16(21)17(26-19(13)23-11)18(24)22-12-7-9-15(25-2)14(20)10-12/h6-10H,3-5,21H2,1-2H3,(H,22,24). The number of nitrogen functional groups attached to an aromatic ring is 1. The van der Waals surface area contributed by atoms with E-state index < -0.39 is 0 Å². The summed E-state index contributed by atoms with van der Waals surface area (Å²) in [7, 11) is 1.54. The number of hydrogen-bond acceptors (Lipinski definition) is 5. The van der Waals surface area contributed by atoms with E-state index in [1.807, 2.05) is 12.1 Å². The highest BCUT2D eigenvalue weighted by Crippen LogP contribution is 2.34. The first kappa shape index (κ1) is 18.5. The van der Waals surface area contributed by atoms with E-state index in [1.54, 1.807) is 25.3 Å². The van der Waals surface area contributed by atoms with Crippen LogP contribution in [0.3, 0.4) is 0 Å². The molecule has 5 nitrogen and oxygen atoms in total. The predicted octanol–water partition coefficient (Wildman–Crippen LogP) is 5.14. The molecule has 0 fully saturated rings. The summed E-state index contributed by atoms with van der Waals surface area (Å²) in [5.41, 5.74) is 8.24. The fourth-order valence-electron chi connectivity index (χ4n) is 2.63. The molecule has 0 radical (unpaired) electrons. The molecule has 0 aliphatic rings. The molecule has 0 bridgehead atoms. The highest BCUT2D eigenvalue weighted by Gasteiger charge is 2.18. The number of fused-ring (bicyclic) bond motifs is 1. The smallest absolute Gasteiger partial charge is 0.267 e. The Labute approximate surface area is 161 Å². The second-order valence-electron chi connectivity index (χ2n) is 5.91. The third kappa shape index (κ3) is 3.76. The molecule has 0 aliphatic carbocycles. The van der Waals surface area contributed by atoms with Gasteiger partial charge in [-0.05, 0) is 43.2 Å². The Kier molecular flexibility index (Phi) is 5.64. The van der Waals surface area contributed by atoms with Gasteiger partial charge in [0, 0.05) is 16.8 Å². The van der Waals surface area contributed by atoms with Crippen molar-refractivity contribution < 1.29 is 9.53 Å². The van der Waals surface area contributed by atoms with Gasteiger partial charge in [-0.3, -0.25) is 4.79 Å². The number of amides is 1. The molecule has 0 atom stereocenters. The van der Waals surface area contributed by atoms with Crippen molar-refractivity contribution in [3.63, 3.8) is 0 Å². The minimum Gasteiger partial charge on any atom is -0.495 e. The van der Waals surface area contributed by atoms with Crippen LogP contribution in [0.15, 0.2) is 30.3 Å². The number of carbonyl (C=O) groups excluding carboxylic acids is 1. The van der Waals surface area contributed by atoms with Crippen LogP contribution in [0.4, 0.5) is 11.4 Å². The number of nitrogens with one attached hydrogen (secondary N) is 1. The van der Waals surface area contributed by atoms with Gasteiger partial charge in [-0.2, -0.15) is 0 Å². The fraction of sp³-hybridized carbons (Fsp3) is 0.263. The van der Waals surface area contributed by atoms with E-state index >= 15 is 0 Å². The van der Waals surface area contributed by atoms with Crippen molar-refractivity contribution >= 4 is 50.4 Å². The van der Waals surface area contributed by atoms with Gasteiger partial charge in [-0.1, -0.05) is 24.9 Å². The van der Waals surface area contributed by atoms with Gasteiger partial charge in [0.25, 0.3) is 5.91 Å². The number of carbonyl (C=O) groups is 1. The van der Waals surface area contributed by atoms with Crippen LogP contribution in [0.25, 0.3) is 10.2 Å². The number of nitrogens with two attached hydrogens (primary N) is 1. The Balaban J connectivity index is 1.85. The van der Waals surface area contributed by atoms with E-state index in [0.29, 0.717) is 27.0 Å². The number of hydrogen-bond donors (Lipinski definition) is 2. The summed E-state index contributed by atoms with van der Waals surface area (Å²) in [6.07, 6.45) is 3.13. The first-order chi connectivity index (χ1) is 12.5. The number of ether oxygens (including phenoxy) is 1. The molecule has 3 rings (SSSR count). The molecule has 0 spiro atoms. The zero-order valence-electron chi connectivity index (χ0n) is 14.6. The van der Waals surface area contributed by atoms with E-state index in [1.165, 1.54) is 11.3 Å². The van der Waals surface area contributed by atoms with Crippen molar-refractivity contribution in [3.8, 4) is 5.75 Å². The third-order valence-corrected chi connectivity index (χ3v) is 5.46. The number of aromatic nitrogens is 1. The molecule has 0 aliphatic heterocycles. The summed E-state index contributed by atoms with van der Waals surface area (Å²) in [5.74, 6) is 0.275. The lowest BCUT2D eigenvalue weighted by molar-refractivity contribution is 0.103. The van der Waals surface area contributed by atoms with Crippen LogP contribution in [0, 0.1) is 0 Å². The number of benzene rings is 1. The van der Waals surface area contributed by atoms with Gasteiger partial charge in [0.2, 0.25) is 0 Å². The van der Waals surface area contributed by atoms with Gasteiger partial charge in [-0.25, -0.2) is 4.98 Å². The van der Waals surface area contributed by atoms with E-state index in [2.05, 4.69) is 17.2 Å².